The number of anilines is 1. The van der Waals surface area contributed by atoms with Crippen LogP contribution in [0.25, 0.3) is 0 Å². The van der Waals surface area contributed by atoms with E-state index in [2.05, 4.69) is 43.1 Å². The first kappa shape index (κ1) is 14.4. The van der Waals surface area contributed by atoms with E-state index in [1.165, 1.54) is 49.9 Å². The summed E-state index contributed by atoms with van der Waals surface area (Å²) in [6.07, 6.45) is 8.03. The molecule has 1 atom stereocenters. The third kappa shape index (κ3) is 4.24. The lowest BCUT2D eigenvalue weighted by molar-refractivity contribution is 0.362. The molecule has 0 aromatic heterocycles. The third-order valence-corrected chi connectivity index (χ3v) is 4.20. The van der Waals surface area contributed by atoms with Crippen LogP contribution in [-0.4, -0.2) is 19.6 Å². The lowest BCUT2D eigenvalue weighted by Gasteiger charge is -2.30. The van der Waals surface area contributed by atoms with Crippen LogP contribution < -0.4 is 10.6 Å². The van der Waals surface area contributed by atoms with Crippen molar-refractivity contribution in [2.45, 2.75) is 51.5 Å². The summed E-state index contributed by atoms with van der Waals surface area (Å²) >= 11 is 0. The molecule has 1 aromatic carbocycles. The molecule has 2 rings (SSSR count). The van der Waals surface area contributed by atoms with Gasteiger partial charge in [0.25, 0.3) is 0 Å². The molecule has 0 saturated heterocycles. The van der Waals surface area contributed by atoms with E-state index in [0.717, 1.165) is 12.3 Å². The minimum Gasteiger partial charge on any atom is -0.374 e. The van der Waals surface area contributed by atoms with Crippen LogP contribution >= 0.6 is 0 Å². The Morgan fingerprint density at radius 2 is 1.89 bits per heavy atom. The first-order chi connectivity index (χ1) is 9.16. The van der Waals surface area contributed by atoms with Crippen LogP contribution in [0.15, 0.2) is 24.3 Å². The molecule has 1 aliphatic rings. The van der Waals surface area contributed by atoms with E-state index in [9.17, 15) is 0 Å². The fourth-order valence-electron chi connectivity index (χ4n) is 3.26. The van der Waals surface area contributed by atoms with Gasteiger partial charge in [0.05, 0.1) is 0 Å². The molecule has 2 nitrogen and oxygen atoms in total. The van der Waals surface area contributed by atoms with Gasteiger partial charge >= 0.3 is 0 Å². The SMILES string of the molecule is CC(N)Cc1ccccc1N(C)CC1CCCCC1. The van der Waals surface area contributed by atoms with Crippen molar-refractivity contribution in [3.63, 3.8) is 0 Å². The molecule has 19 heavy (non-hydrogen) atoms. The third-order valence-electron chi connectivity index (χ3n) is 4.20. The summed E-state index contributed by atoms with van der Waals surface area (Å²) in [7, 11) is 2.23. The van der Waals surface area contributed by atoms with Crippen molar-refractivity contribution in [1.29, 1.82) is 0 Å². The first-order valence-electron chi connectivity index (χ1n) is 7.71. The maximum Gasteiger partial charge on any atom is 0.0396 e. The van der Waals surface area contributed by atoms with E-state index in [4.69, 9.17) is 5.73 Å². The van der Waals surface area contributed by atoms with Gasteiger partial charge in [0.15, 0.2) is 0 Å². The number of nitrogens with zero attached hydrogens (tertiary/aromatic N) is 1. The van der Waals surface area contributed by atoms with Crippen molar-refractivity contribution in [2.75, 3.05) is 18.5 Å². The Balaban J connectivity index is 2.02. The molecule has 0 bridgehead atoms. The molecule has 1 aromatic rings. The monoisotopic (exact) mass is 260 g/mol. The Labute approximate surface area is 118 Å². The largest absolute Gasteiger partial charge is 0.374 e. The van der Waals surface area contributed by atoms with Gasteiger partial charge < -0.3 is 10.6 Å². The lowest BCUT2D eigenvalue weighted by atomic mass is 9.89. The zero-order valence-electron chi connectivity index (χ0n) is 12.4. The molecular formula is C17H28N2. The van der Waals surface area contributed by atoms with Crippen LogP contribution in [0, 0.1) is 5.92 Å². The van der Waals surface area contributed by atoms with Crippen LogP contribution in [-0.2, 0) is 6.42 Å². The van der Waals surface area contributed by atoms with Crippen LogP contribution in [0.4, 0.5) is 5.69 Å². The van der Waals surface area contributed by atoms with Crippen molar-refractivity contribution < 1.29 is 0 Å². The molecule has 106 valence electrons. The highest BCUT2D eigenvalue weighted by atomic mass is 15.1. The smallest absolute Gasteiger partial charge is 0.0396 e. The summed E-state index contributed by atoms with van der Waals surface area (Å²) in [6.45, 7) is 3.27. The minimum atomic E-state index is 0.226. The van der Waals surface area contributed by atoms with E-state index in [-0.39, 0.29) is 6.04 Å². The van der Waals surface area contributed by atoms with E-state index >= 15 is 0 Å². The van der Waals surface area contributed by atoms with Crippen LogP contribution in [0.2, 0.25) is 0 Å². The van der Waals surface area contributed by atoms with Crippen LogP contribution in [0.5, 0.6) is 0 Å². The molecule has 0 aliphatic heterocycles. The predicted octanol–water partition coefficient (Wildman–Crippen LogP) is 3.59. The lowest BCUT2D eigenvalue weighted by Crippen LogP contribution is -2.28. The Morgan fingerprint density at radius 3 is 2.58 bits per heavy atom. The molecule has 2 N–H and O–H groups in total. The van der Waals surface area contributed by atoms with Gasteiger partial charge in [-0.1, -0.05) is 37.5 Å². The molecular weight excluding hydrogens is 232 g/mol. The molecule has 0 heterocycles. The summed E-state index contributed by atoms with van der Waals surface area (Å²) in [5, 5.41) is 0. The fourth-order valence-corrected chi connectivity index (χ4v) is 3.26. The standard InChI is InChI=1S/C17H28N2/c1-14(18)12-16-10-6-7-11-17(16)19(2)13-15-8-4-3-5-9-15/h6-7,10-11,14-15H,3-5,8-9,12-13,18H2,1-2H3. The highest BCUT2D eigenvalue weighted by Gasteiger charge is 2.17. The number of hydrogen-bond donors (Lipinski definition) is 1. The number of benzene rings is 1. The normalized spacial score (nSPS) is 18.3. The first-order valence-corrected chi connectivity index (χ1v) is 7.71. The molecule has 0 radical (unpaired) electrons. The number of hydrogen-bond acceptors (Lipinski definition) is 2. The number of rotatable bonds is 5. The van der Waals surface area contributed by atoms with Crippen molar-refractivity contribution in [3.8, 4) is 0 Å². The second-order valence-electron chi connectivity index (χ2n) is 6.19. The van der Waals surface area contributed by atoms with Gasteiger partial charge in [-0.3, -0.25) is 0 Å². The summed E-state index contributed by atoms with van der Waals surface area (Å²) in [4.78, 5) is 2.44. The fraction of sp³-hybridized carbons (Fsp3) is 0.647. The number of para-hydroxylation sites is 1. The second-order valence-corrected chi connectivity index (χ2v) is 6.19. The van der Waals surface area contributed by atoms with Gasteiger partial charge in [-0.25, -0.2) is 0 Å². The molecule has 1 unspecified atom stereocenters. The molecule has 0 amide bonds. The highest BCUT2D eigenvalue weighted by molar-refractivity contribution is 5.53. The van der Waals surface area contributed by atoms with E-state index in [1.54, 1.807) is 0 Å². The van der Waals surface area contributed by atoms with Gasteiger partial charge in [-0.15, -0.1) is 0 Å². The van der Waals surface area contributed by atoms with Crippen molar-refractivity contribution >= 4 is 5.69 Å². The maximum atomic E-state index is 5.96. The second kappa shape index (κ2) is 6.95. The summed E-state index contributed by atoms with van der Waals surface area (Å²) in [5.41, 5.74) is 8.71. The predicted molar refractivity (Wildman–Crippen MR) is 83.6 cm³/mol. The van der Waals surface area contributed by atoms with Crippen LogP contribution in [0.3, 0.4) is 0 Å². The van der Waals surface area contributed by atoms with Crippen molar-refractivity contribution in [1.82, 2.24) is 0 Å². The van der Waals surface area contributed by atoms with Gasteiger partial charge in [-0.05, 0) is 43.7 Å². The molecule has 1 saturated carbocycles. The van der Waals surface area contributed by atoms with E-state index < -0.39 is 0 Å². The van der Waals surface area contributed by atoms with Gasteiger partial charge in [-0.2, -0.15) is 0 Å². The number of nitrogens with two attached hydrogens (primary N) is 1. The molecule has 1 fully saturated rings. The molecule has 1 aliphatic carbocycles. The van der Waals surface area contributed by atoms with Gasteiger partial charge in [0, 0.05) is 25.3 Å². The Hall–Kier alpha value is -1.02. The Morgan fingerprint density at radius 1 is 1.21 bits per heavy atom. The highest BCUT2D eigenvalue weighted by Crippen LogP contribution is 2.27. The summed E-state index contributed by atoms with van der Waals surface area (Å²) in [6, 6.07) is 8.94. The van der Waals surface area contributed by atoms with Gasteiger partial charge in [0.1, 0.15) is 0 Å². The quantitative estimate of drug-likeness (QED) is 0.876. The van der Waals surface area contributed by atoms with Gasteiger partial charge in [0.2, 0.25) is 0 Å². The Bertz CT molecular complexity index is 381. The minimum absolute atomic E-state index is 0.226. The zero-order chi connectivity index (χ0) is 13.7. The van der Waals surface area contributed by atoms with Crippen molar-refractivity contribution in [3.05, 3.63) is 29.8 Å². The maximum absolute atomic E-state index is 5.96. The average molecular weight is 260 g/mol. The summed E-state index contributed by atoms with van der Waals surface area (Å²) in [5.74, 6) is 0.877. The molecule has 0 spiro atoms. The van der Waals surface area contributed by atoms with Crippen molar-refractivity contribution in [2.24, 2.45) is 11.7 Å². The topological polar surface area (TPSA) is 29.3 Å². The zero-order valence-corrected chi connectivity index (χ0v) is 12.4. The average Bonchev–Trinajstić information content (AvgIpc) is 2.39. The summed E-state index contributed by atoms with van der Waals surface area (Å²) < 4.78 is 0. The van der Waals surface area contributed by atoms with Crippen LogP contribution in [0.1, 0.15) is 44.6 Å². The van der Waals surface area contributed by atoms with E-state index in [0.29, 0.717) is 0 Å². The Kier molecular flexibility index (Phi) is 5.26. The van der Waals surface area contributed by atoms with E-state index in [1.807, 2.05) is 0 Å². The molecule has 2 heteroatoms.